The third kappa shape index (κ3) is 3.57. The predicted molar refractivity (Wildman–Crippen MR) is 137 cm³/mol. The van der Waals surface area contributed by atoms with Gasteiger partial charge >= 0.3 is 6.03 Å². The fourth-order valence-electron chi connectivity index (χ4n) is 5.88. The van der Waals surface area contributed by atoms with Gasteiger partial charge in [-0.2, -0.15) is 0 Å². The van der Waals surface area contributed by atoms with Gasteiger partial charge in [-0.15, -0.1) is 0 Å². The van der Waals surface area contributed by atoms with E-state index in [0.717, 1.165) is 45.2 Å². The van der Waals surface area contributed by atoms with E-state index < -0.39 is 11.6 Å². The molecule has 8 heteroatoms. The number of amides is 3. The summed E-state index contributed by atoms with van der Waals surface area (Å²) in [5, 5.41) is 14.8. The minimum atomic E-state index is -1.00. The highest BCUT2D eigenvalue weighted by Crippen LogP contribution is 2.49. The first-order valence-electron chi connectivity index (χ1n) is 12.3. The first-order valence-corrected chi connectivity index (χ1v) is 13.1. The van der Waals surface area contributed by atoms with Crippen LogP contribution in [0.1, 0.15) is 55.5 Å². The summed E-state index contributed by atoms with van der Waals surface area (Å²) in [6.07, 6.45) is 4.86. The summed E-state index contributed by atoms with van der Waals surface area (Å²) < 4.78 is 0.961. The fraction of sp³-hybridized carbons (Fsp3) is 0.407. The zero-order valence-corrected chi connectivity index (χ0v) is 21.3. The summed E-state index contributed by atoms with van der Waals surface area (Å²) in [7, 11) is 0. The third-order valence-corrected chi connectivity index (χ3v) is 8.40. The molecule has 2 atom stereocenters. The van der Waals surface area contributed by atoms with Crippen molar-refractivity contribution in [3.8, 4) is 5.75 Å². The van der Waals surface area contributed by atoms with Crippen molar-refractivity contribution in [3.63, 3.8) is 0 Å². The average molecular weight is 537 g/mol. The molecule has 1 aromatic heterocycles. The Morgan fingerprint density at radius 1 is 1.20 bits per heavy atom. The highest BCUT2D eigenvalue weighted by molar-refractivity contribution is 9.10. The largest absolute Gasteiger partial charge is 0.508 e. The number of urea groups is 1. The van der Waals surface area contributed by atoms with Crippen LogP contribution in [0.25, 0.3) is 10.9 Å². The number of halogens is 1. The van der Waals surface area contributed by atoms with E-state index in [-0.39, 0.29) is 17.7 Å². The van der Waals surface area contributed by atoms with Crippen LogP contribution in [0.5, 0.6) is 5.75 Å². The van der Waals surface area contributed by atoms with Crippen LogP contribution in [-0.2, 0) is 11.2 Å². The Morgan fingerprint density at radius 3 is 2.77 bits per heavy atom. The number of carbonyl (C=O) groups excluding carboxylic acids is 2. The second-order valence-electron chi connectivity index (χ2n) is 10.2. The molecule has 2 aromatic carbocycles. The summed E-state index contributed by atoms with van der Waals surface area (Å²) in [6, 6.07) is 12.9. The number of aromatic nitrogens is 1. The van der Waals surface area contributed by atoms with E-state index in [2.05, 4.69) is 32.3 Å². The molecule has 1 aliphatic carbocycles. The number of carbonyl (C=O) groups is 2. The third-order valence-electron chi connectivity index (χ3n) is 7.91. The molecule has 2 fully saturated rings. The van der Waals surface area contributed by atoms with Gasteiger partial charge in [0.2, 0.25) is 0 Å². The van der Waals surface area contributed by atoms with E-state index in [4.69, 9.17) is 0 Å². The van der Waals surface area contributed by atoms with E-state index >= 15 is 0 Å². The lowest BCUT2D eigenvalue weighted by molar-refractivity contribution is -0.133. The van der Waals surface area contributed by atoms with Gasteiger partial charge in [0.25, 0.3) is 5.91 Å². The molecular formula is C27H29BrN4O3. The molecule has 182 valence electrons. The van der Waals surface area contributed by atoms with Crippen LogP contribution in [0.15, 0.2) is 46.9 Å². The molecule has 6 rings (SSSR count). The molecule has 0 spiro atoms. The Morgan fingerprint density at radius 2 is 2.03 bits per heavy atom. The number of imide groups is 1. The summed E-state index contributed by atoms with van der Waals surface area (Å²) in [4.78, 5) is 34.3. The van der Waals surface area contributed by atoms with Crippen molar-refractivity contribution in [2.75, 3.05) is 13.1 Å². The number of rotatable bonds is 6. The molecule has 1 saturated heterocycles. The van der Waals surface area contributed by atoms with Crippen molar-refractivity contribution in [2.24, 2.45) is 0 Å². The number of H-pyrrole nitrogens is 1. The summed E-state index contributed by atoms with van der Waals surface area (Å²) in [5.41, 5.74) is 2.68. The van der Waals surface area contributed by atoms with Crippen LogP contribution in [-0.4, -0.2) is 56.5 Å². The Balaban J connectivity index is 1.40. The Bertz CT molecular complexity index is 1330. The van der Waals surface area contributed by atoms with E-state index in [9.17, 15) is 14.7 Å². The highest BCUT2D eigenvalue weighted by Gasteiger charge is 2.60. The highest BCUT2D eigenvalue weighted by atomic mass is 79.9. The molecule has 0 radical (unpaired) electrons. The van der Waals surface area contributed by atoms with Crippen LogP contribution in [0, 0.1) is 0 Å². The SMILES string of the molecule is CC12Cc3c([nH]c4ccc(Br)cc34)C(c3cccc(O)c3)N1C(=O)N(CCCNC1CCC1)C2=O. The van der Waals surface area contributed by atoms with Crippen molar-refractivity contribution < 1.29 is 14.7 Å². The van der Waals surface area contributed by atoms with E-state index in [0.29, 0.717) is 19.0 Å². The maximum atomic E-state index is 13.8. The predicted octanol–water partition coefficient (Wildman–Crippen LogP) is 4.84. The van der Waals surface area contributed by atoms with E-state index in [1.165, 1.54) is 24.2 Å². The zero-order chi connectivity index (χ0) is 24.3. The van der Waals surface area contributed by atoms with Gasteiger partial charge in [-0.3, -0.25) is 14.6 Å². The number of phenolic OH excluding ortho intramolecular Hbond substituents is 1. The number of benzene rings is 2. The molecule has 1 saturated carbocycles. The van der Waals surface area contributed by atoms with Crippen molar-refractivity contribution in [1.82, 2.24) is 20.1 Å². The van der Waals surface area contributed by atoms with Crippen LogP contribution in [0.4, 0.5) is 4.79 Å². The minimum absolute atomic E-state index is 0.132. The molecule has 3 N–H and O–H groups in total. The molecule has 2 aliphatic heterocycles. The van der Waals surface area contributed by atoms with E-state index in [1.807, 2.05) is 25.1 Å². The lowest BCUT2D eigenvalue weighted by Gasteiger charge is -2.42. The maximum Gasteiger partial charge on any atom is 0.328 e. The monoisotopic (exact) mass is 536 g/mol. The summed E-state index contributed by atoms with van der Waals surface area (Å²) >= 11 is 3.58. The number of aromatic hydroxyl groups is 1. The molecule has 2 unspecified atom stereocenters. The van der Waals surface area contributed by atoms with Gasteiger partial charge in [-0.1, -0.05) is 34.5 Å². The molecule has 3 heterocycles. The number of phenols is 1. The van der Waals surface area contributed by atoms with Crippen LogP contribution in [0.3, 0.4) is 0 Å². The van der Waals surface area contributed by atoms with Gasteiger partial charge in [0.05, 0.1) is 0 Å². The van der Waals surface area contributed by atoms with Crippen molar-refractivity contribution in [2.45, 2.75) is 56.7 Å². The van der Waals surface area contributed by atoms with Gasteiger partial charge in [-0.25, -0.2) is 4.79 Å². The second-order valence-corrected chi connectivity index (χ2v) is 11.1. The first-order chi connectivity index (χ1) is 16.9. The number of aromatic amines is 1. The molecule has 0 bridgehead atoms. The van der Waals surface area contributed by atoms with Gasteiger partial charge in [-0.05, 0) is 74.2 Å². The summed E-state index contributed by atoms with van der Waals surface area (Å²) in [6.45, 7) is 3.08. The van der Waals surface area contributed by atoms with Crippen molar-refractivity contribution in [1.29, 1.82) is 0 Å². The van der Waals surface area contributed by atoms with Gasteiger partial charge in [0.1, 0.15) is 17.3 Å². The smallest absolute Gasteiger partial charge is 0.328 e. The molecular weight excluding hydrogens is 508 g/mol. The van der Waals surface area contributed by atoms with Crippen LogP contribution in [0.2, 0.25) is 0 Å². The Kier molecular flexibility index (Phi) is 5.41. The quantitative estimate of drug-likeness (QED) is 0.310. The average Bonchev–Trinajstić information content (AvgIpc) is 3.23. The lowest BCUT2D eigenvalue weighted by Crippen LogP contribution is -2.53. The second kappa shape index (κ2) is 8.38. The molecule has 3 aliphatic rings. The standard InChI is InChI=1S/C27H29BrN4O3/c1-27-15-21-20-14-17(28)9-10-22(20)30-23(21)24(16-5-2-8-19(33)13-16)32(27)26(35)31(25(27)34)12-4-11-29-18-6-3-7-18/h2,5,8-10,13-14,18,24,29-30,33H,3-4,6-7,11-12,15H2,1H3. The number of nitrogens with one attached hydrogen (secondary N) is 2. The molecule has 3 aromatic rings. The molecule has 35 heavy (non-hydrogen) atoms. The number of nitrogens with zero attached hydrogens (tertiary/aromatic N) is 2. The number of fused-ring (bicyclic) bond motifs is 4. The van der Waals surface area contributed by atoms with E-state index in [1.54, 1.807) is 23.1 Å². The van der Waals surface area contributed by atoms with Crippen molar-refractivity contribution >= 4 is 38.8 Å². The Hall–Kier alpha value is -2.84. The fourth-order valence-corrected chi connectivity index (χ4v) is 6.24. The minimum Gasteiger partial charge on any atom is -0.508 e. The van der Waals surface area contributed by atoms with Gasteiger partial charge in [0.15, 0.2) is 0 Å². The molecule has 7 nitrogen and oxygen atoms in total. The molecule has 3 amide bonds. The number of hydrogen-bond acceptors (Lipinski definition) is 4. The van der Waals surface area contributed by atoms with Gasteiger partial charge < -0.3 is 15.4 Å². The normalized spacial score (nSPS) is 24.1. The zero-order valence-electron chi connectivity index (χ0n) is 19.7. The lowest BCUT2D eigenvalue weighted by atomic mass is 9.81. The van der Waals surface area contributed by atoms with Crippen molar-refractivity contribution in [3.05, 3.63) is 63.8 Å². The maximum absolute atomic E-state index is 13.8. The number of hydrogen-bond donors (Lipinski definition) is 3. The first kappa shape index (κ1) is 22.6. The Labute approximate surface area is 212 Å². The van der Waals surface area contributed by atoms with Crippen LogP contribution < -0.4 is 5.32 Å². The van der Waals surface area contributed by atoms with Crippen LogP contribution >= 0.6 is 15.9 Å². The van der Waals surface area contributed by atoms with Gasteiger partial charge in [0, 0.05) is 40.1 Å². The summed E-state index contributed by atoms with van der Waals surface area (Å²) in [5.74, 6) is -0.0154. The topological polar surface area (TPSA) is 88.7 Å².